The van der Waals surface area contributed by atoms with Crippen LogP contribution in [0, 0.1) is 0 Å². The molecule has 76 valence electrons. The zero-order chi connectivity index (χ0) is 10.0. The number of alkyl halides is 1. The van der Waals surface area contributed by atoms with E-state index >= 15 is 0 Å². The number of benzene rings is 1. The fraction of sp³-hybridized carbons (Fsp3) is 0.500. The van der Waals surface area contributed by atoms with Gasteiger partial charge in [-0.3, -0.25) is 0 Å². The summed E-state index contributed by atoms with van der Waals surface area (Å²) in [6.45, 7) is 2.17. The lowest BCUT2D eigenvalue weighted by atomic mass is 10.0. The van der Waals surface area contributed by atoms with Crippen LogP contribution in [-0.4, -0.2) is 10.9 Å². The molecular weight excluding hydrogens is 240 g/mol. The molecule has 1 fully saturated rings. The normalized spacial score (nSPS) is 32.0. The van der Waals surface area contributed by atoms with Crippen LogP contribution in [-0.2, 0) is 4.74 Å². The van der Waals surface area contributed by atoms with Gasteiger partial charge in [-0.25, -0.2) is 0 Å². The fourth-order valence-electron chi connectivity index (χ4n) is 1.90. The lowest BCUT2D eigenvalue weighted by molar-refractivity contribution is -0.0121. The maximum atomic E-state index is 6.04. The second-order valence-corrected chi connectivity index (χ2v) is 4.70. The molecule has 2 atom stereocenters. The van der Waals surface area contributed by atoms with Gasteiger partial charge in [0.25, 0.3) is 0 Å². The molecule has 0 aromatic heterocycles. The van der Waals surface area contributed by atoms with Gasteiger partial charge in [0.05, 0.1) is 11.7 Å². The monoisotopic (exact) mass is 254 g/mol. The quantitative estimate of drug-likeness (QED) is 0.732. The Kier molecular flexibility index (Phi) is 2.93. The van der Waals surface area contributed by atoms with Gasteiger partial charge in [0.1, 0.15) is 0 Å². The van der Waals surface area contributed by atoms with Crippen LogP contribution < -0.4 is 0 Å². The van der Waals surface area contributed by atoms with Gasteiger partial charge in [0.15, 0.2) is 0 Å². The van der Waals surface area contributed by atoms with Crippen molar-refractivity contribution in [3.05, 3.63) is 35.9 Å². The maximum Gasteiger partial charge on any atom is 0.0833 e. The van der Waals surface area contributed by atoms with Gasteiger partial charge in [-0.2, -0.15) is 0 Å². The van der Waals surface area contributed by atoms with Crippen molar-refractivity contribution in [3.63, 3.8) is 0 Å². The molecule has 1 saturated heterocycles. The highest BCUT2D eigenvalue weighted by atomic mass is 79.9. The second kappa shape index (κ2) is 4.03. The van der Waals surface area contributed by atoms with Crippen LogP contribution in [0.4, 0.5) is 0 Å². The molecule has 1 aliphatic heterocycles. The van der Waals surface area contributed by atoms with Gasteiger partial charge < -0.3 is 4.74 Å². The third kappa shape index (κ3) is 2.01. The molecule has 1 heterocycles. The lowest BCUT2D eigenvalue weighted by Gasteiger charge is -2.22. The first-order valence-electron chi connectivity index (χ1n) is 5.02. The molecule has 0 radical (unpaired) electrons. The average Bonchev–Trinajstić information content (AvgIpc) is 2.63. The molecule has 0 N–H and O–H groups in total. The molecule has 0 amide bonds. The van der Waals surface area contributed by atoms with Crippen molar-refractivity contribution in [2.45, 2.75) is 31.5 Å². The van der Waals surface area contributed by atoms with Crippen molar-refractivity contribution < 1.29 is 4.74 Å². The van der Waals surface area contributed by atoms with Crippen LogP contribution in [0.1, 0.15) is 31.4 Å². The van der Waals surface area contributed by atoms with Gasteiger partial charge in [0.2, 0.25) is 0 Å². The summed E-state index contributed by atoms with van der Waals surface area (Å²) in [4.78, 5) is 0. The van der Waals surface area contributed by atoms with Gasteiger partial charge in [0, 0.05) is 5.33 Å². The molecule has 14 heavy (non-hydrogen) atoms. The molecule has 1 aromatic rings. The molecule has 1 nitrogen and oxygen atoms in total. The number of hydrogen-bond donors (Lipinski definition) is 0. The molecule has 2 rings (SSSR count). The van der Waals surface area contributed by atoms with Gasteiger partial charge >= 0.3 is 0 Å². The van der Waals surface area contributed by atoms with E-state index in [9.17, 15) is 0 Å². The molecule has 2 heteroatoms. The molecule has 2 unspecified atom stereocenters. The van der Waals surface area contributed by atoms with Crippen molar-refractivity contribution in [1.82, 2.24) is 0 Å². The van der Waals surface area contributed by atoms with Crippen LogP contribution in [0.2, 0.25) is 0 Å². The first-order valence-corrected chi connectivity index (χ1v) is 6.14. The molecular formula is C12H15BrO. The summed E-state index contributed by atoms with van der Waals surface area (Å²) in [5, 5.41) is 0.920. The Morgan fingerprint density at radius 2 is 2.14 bits per heavy atom. The van der Waals surface area contributed by atoms with E-state index in [0.717, 1.165) is 18.2 Å². The molecule has 1 aliphatic rings. The largest absolute Gasteiger partial charge is 0.366 e. The lowest BCUT2D eigenvalue weighted by Crippen LogP contribution is -2.24. The number of rotatable bonds is 2. The van der Waals surface area contributed by atoms with Crippen molar-refractivity contribution in [3.8, 4) is 0 Å². The minimum atomic E-state index is 0.0283. The number of hydrogen-bond acceptors (Lipinski definition) is 1. The van der Waals surface area contributed by atoms with Crippen molar-refractivity contribution in [2.24, 2.45) is 0 Å². The van der Waals surface area contributed by atoms with E-state index in [4.69, 9.17) is 4.74 Å². The van der Waals surface area contributed by atoms with Crippen LogP contribution in [0.5, 0.6) is 0 Å². The van der Waals surface area contributed by atoms with E-state index in [-0.39, 0.29) is 5.60 Å². The Morgan fingerprint density at radius 1 is 1.43 bits per heavy atom. The van der Waals surface area contributed by atoms with E-state index in [1.165, 1.54) is 5.56 Å². The van der Waals surface area contributed by atoms with E-state index in [0.29, 0.717) is 6.10 Å². The van der Waals surface area contributed by atoms with E-state index in [1.807, 2.05) is 6.07 Å². The smallest absolute Gasteiger partial charge is 0.0833 e. The molecule has 0 aliphatic carbocycles. The van der Waals surface area contributed by atoms with Crippen LogP contribution in [0.25, 0.3) is 0 Å². The standard InChI is InChI=1S/C12H15BrO/c1-12(9-13)8-7-11(14-12)10-5-3-2-4-6-10/h2-6,11H,7-9H2,1H3. The van der Waals surface area contributed by atoms with Crippen molar-refractivity contribution >= 4 is 15.9 Å². The fourth-order valence-corrected chi connectivity index (χ4v) is 2.31. The SMILES string of the molecule is CC1(CBr)CCC(c2ccccc2)O1. The first-order chi connectivity index (χ1) is 6.73. The van der Waals surface area contributed by atoms with E-state index in [2.05, 4.69) is 47.1 Å². The summed E-state index contributed by atoms with van der Waals surface area (Å²) < 4.78 is 6.04. The van der Waals surface area contributed by atoms with Crippen molar-refractivity contribution in [1.29, 1.82) is 0 Å². The topological polar surface area (TPSA) is 9.23 Å². The van der Waals surface area contributed by atoms with E-state index in [1.54, 1.807) is 0 Å². The Bertz CT molecular complexity index is 298. The van der Waals surface area contributed by atoms with E-state index < -0.39 is 0 Å². The van der Waals surface area contributed by atoms with Gasteiger partial charge in [-0.1, -0.05) is 46.3 Å². The second-order valence-electron chi connectivity index (χ2n) is 4.14. The zero-order valence-electron chi connectivity index (χ0n) is 8.37. The predicted molar refractivity (Wildman–Crippen MR) is 61.7 cm³/mol. The average molecular weight is 255 g/mol. The molecule has 1 aromatic carbocycles. The summed E-state index contributed by atoms with van der Waals surface area (Å²) in [6, 6.07) is 10.5. The van der Waals surface area contributed by atoms with Crippen LogP contribution in [0.15, 0.2) is 30.3 Å². The number of ether oxygens (including phenoxy) is 1. The summed E-state index contributed by atoms with van der Waals surface area (Å²) >= 11 is 3.51. The molecule has 0 saturated carbocycles. The Hall–Kier alpha value is -0.340. The first kappa shape index (κ1) is 10.2. The van der Waals surface area contributed by atoms with Crippen LogP contribution in [0.3, 0.4) is 0 Å². The maximum absolute atomic E-state index is 6.04. The highest BCUT2D eigenvalue weighted by Gasteiger charge is 2.35. The molecule has 0 bridgehead atoms. The third-order valence-electron chi connectivity index (χ3n) is 2.82. The summed E-state index contributed by atoms with van der Waals surface area (Å²) in [5.74, 6) is 0. The number of halogens is 1. The van der Waals surface area contributed by atoms with Crippen LogP contribution >= 0.6 is 15.9 Å². The highest BCUT2D eigenvalue weighted by molar-refractivity contribution is 9.09. The summed E-state index contributed by atoms with van der Waals surface area (Å²) in [5.41, 5.74) is 1.33. The Morgan fingerprint density at radius 3 is 2.71 bits per heavy atom. The zero-order valence-corrected chi connectivity index (χ0v) is 9.96. The Balaban J connectivity index is 2.10. The third-order valence-corrected chi connectivity index (χ3v) is 4.00. The summed E-state index contributed by atoms with van der Waals surface area (Å²) in [7, 11) is 0. The van der Waals surface area contributed by atoms with Crippen molar-refractivity contribution in [2.75, 3.05) is 5.33 Å². The molecule has 0 spiro atoms. The predicted octanol–water partition coefficient (Wildman–Crippen LogP) is 3.69. The van der Waals surface area contributed by atoms with Gasteiger partial charge in [-0.15, -0.1) is 0 Å². The van der Waals surface area contributed by atoms with Gasteiger partial charge in [-0.05, 0) is 25.3 Å². The highest BCUT2D eigenvalue weighted by Crippen LogP contribution is 2.39. The minimum absolute atomic E-state index is 0.0283. The Labute approximate surface area is 93.6 Å². The minimum Gasteiger partial charge on any atom is -0.366 e. The summed E-state index contributed by atoms with van der Waals surface area (Å²) in [6.07, 6.45) is 2.56.